The van der Waals surface area contributed by atoms with Crippen LogP contribution in [-0.2, 0) is 0 Å². The fourth-order valence-electron chi connectivity index (χ4n) is 3.19. The number of fused-ring (bicyclic) bond motifs is 2. The molecular formula is C23H22N3NaO2S. The number of unbranched alkanes of at least 4 members (excludes halogenated alkanes) is 2. The minimum absolute atomic E-state index is 0. The van der Waals surface area contributed by atoms with Crippen LogP contribution < -0.4 is 39.4 Å². The predicted molar refractivity (Wildman–Crippen MR) is 117 cm³/mol. The van der Waals surface area contributed by atoms with E-state index in [0.717, 1.165) is 34.9 Å². The maximum Gasteiger partial charge on any atom is 1.00 e. The van der Waals surface area contributed by atoms with Gasteiger partial charge in [0, 0.05) is 11.5 Å². The Labute approximate surface area is 202 Å². The Morgan fingerprint density at radius 2 is 1.83 bits per heavy atom. The first-order valence-corrected chi connectivity index (χ1v) is 10.6. The van der Waals surface area contributed by atoms with Gasteiger partial charge in [0.25, 0.3) is 0 Å². The van der Waals surface area contributed by atoms with Crippen LogP contribution in [0.2, 0.25) is 0 Å². The molecule has 0 saturated heterocycles. The summed E-state index contributed by atoms with van der Waals surface area (Å²) in [5.41, 5.74) is 2.32. The molecule has 0 fully saturated rings. The van der Waals surface area contributed by atoms with Gasteiger partial charge in [-0.3, -0.25) is 0 Å². The van der Waals surface area contributed by atoms with E-state index >= 15 is 0 Å². The van der Waals surface area contributed by atoms with Crippen molar-refractivity contribution in [2.45, 2.75) is 33.1 Å². The van der Waals surface area contributed by atoms with Crippen LogP contribution in [0.25, 0.3) is 21.0 Å². The second kappa shape index (κ2) is 10.4. The first-order valence-electron chi connectivity index (χ1n) is 9.80. The maximum absolute atomic E-state index is 12.9. The summed E-state index contributed by atoms with van der Waals surface area (Å²) < 4.78 is 7.03. The van der Waals surface area contributed by atoms with Crippen LogP contribution in [0.15, 0.2) is 58.8 Å². The zero-order valence-corrected chi connectivity index (χ0v) is 20.3. The average Bonchev–Trinajstić information content (AvgIpc) is 3.14. The number of hydrogen-bond donors (Lipinski definition) is 0. The van der Waals surface area contributed by atoms with E-state index in [-0.39, 0.29) is 41.0 Å². The van der Waals surface area contributed by atoms with E-state index in [4.69, 9.17) is 4.74 Å². The molecule has 0 bridgehead atoms. The molecule has 7 heteroatoms. The smallest absolute Gasteiger partial charge is 0.871 e. The molecule has 5 nitrogen and oxygen atoms in total. The van der Waals surface area contributed by atoms with Crippen LogP contribution in [0, 0.1) is 6.92 Å². The van der Waals surface area contributed by atoms with Crippen LogP contribution in [0.1, 0.15) is 31.7 Å². The van der Waals surface area contributed by atoms with Crippen molar-refractivity contribution in [3.8, 4) is 11.5 Å². The van der Waals surface area contributed by atoms with E-state index in [9.17, 15) is 5.11 Å². The molecule has 4 aromatic rings. The monoisotopic (exact) mass is 427 g/mol. The van der Waals surface area contributed by atoms with Crippen LogP contribution in [0.3, 0.4) is 0 Å². The van der Waals surface area contributed by atoms with E-state index < -0.39 is 0 Å². The van der Waals surface area contributed by atoms with Crippen molar-refractivity contribution in [2.24, 2.45) is 10.2 Å². The minimum Gasteiger partial charge on any atom is -0.871 e. The third kappa shape index (κ3) is 5.01. The molecule has 0 aliphatic heterocycles. The summed E-state index contributed by atoms with van der Waals surface area (Å²) in [5, 5.41) is 23.3. The largest absolute Gasteiger partial charge is 1.00 e. The molecule has 1 aromatic heterocycles. The van der Waals surface area contributed by atoms with Gasteiger partial charge in [0.2, 0.25) is 5.13 Å². The molecule has 0 radical (unpaired) electrons. The van der Waals surface area contributed by atoms with Crippen LogP contribution in [0.5, 0.6) is 11.5 Å². The Morgan fingerprint density at radius 3 is 2.63 bits per heavy atom. The van der Waals surface area contributed by atoms with E-state index in [0.29, 0.717) is 22.9 Å². The van der Waals surface area contributed by atoms with E-state index in [2.05, 4.69) is 28.2 Å². The van der Waals surface area contributed by atoms with Crippen molar-refractivity contribution in [2.75, 3.05) is 6.61 Å². The molecule has 30 heavy (non-hydrogen) atoms. The topological polar surface area (TPSA) is 69.9 Å². The quantitative estimate of drug-likeness (QED) is 0.256. The summed E-state index contributed by atoms with van der Waals surface area (Å²) in [6, 6.07) is 15.2. The molecule has 148 valence electrons. The van der Waals surface area contributed by atoms with Gasteiger partial charge in [-0.05, 0) is 36.4 Å². The number of azo groups is 1. The summed E-state index contributed by atoms with van der Waals surface area (Å²) >= 11 is 1.46. The summed E-state index contributed by atoms with van der Waals surface area (Å²) in [7, 11) is 0. The average molecular weight is 428 g/mol. The standard InChI is InChI=1S/C23H23N3O2S.Na/c1-3-4-7-12-28-20-14-19(22(27)17-9-6-5-8-16(17)20)25-26-23-24-18-11-10-15(2)13-21(18)29-23;/h5-6,8-11,13-14,27H,3-4,7,12H2,1-2H3;/q;+1/p-1. The molecule has 0 atom stereocenters. The van der Waals surface area contributed by atoms with Crippen molar-refractivity contribution < 1.29 is 39.4 Å². The number of rotatable bonds is 7. The molecule has 3 aromatic carbocycles. The second-order valence-corrected chi connectivity index (χ2v) is 8.00. The number of nitrogens with zero attached hydrogens (tertiary/aromatic N) is 3. The summed E-state index contributed by atoms with van der Waals surface area (Å²) in [4.78, 5) is 4.48. The molecule has 0 aliphatic rings. The van der Waals surface area contributed by atoms with Gasteiger partial charge in [0.05, 0.1) is 22.5 Å². The van der Waals surface area contributed by atoms with Gasteiger partial charge in [-0.15, -0.1) is 10.2 Å². The normalized spacial score (nSPS) is 11.3. The first kappa shape index (κ1) is 22.7. The second-order valence-electron chi connectivity index (χ2n) is 6.99. The number of hydrogen-bond acceptors (Lipinski definition) is 6. The molecule has 4 rings (SSSR count). The molecule has 0 unspecified atom stereocenters. The number of aryl methyl sites for hydroxylation is 1. The SMILES string of the molecule is CCCCCOc1cc(N=Nc2nc3ccc(C)cc3s2)c([O-])c2ccccc12.[Na+]. The zero-order valence-electron chi connectivity index (χ0n) is 17.5. The predicted octanol–water partition coefficient (Wildman–Crippen LogP) is 3.82. The molecule has 0 N–H and O–H groups in total. The van der Waals surface area contributed by atoms with Crippen molar-refractivity contribution in [1.82, 2.24) is 4.98 Å². The van der Waals surface area contributed by atoms with Crippen LogP contribution in [0.4, 0.5) is 10.8 Å². The summed E-state index contributed by atoms with van der Waals surface area (Å²) in [5.74, 6) is 0.521. The Balaban J connectivity index is 0.00000256. The van der Waals surface area contributed by atoms with Gasteiger partial charge in [0.1, 0.15) is 5.75 Å². The van der Waals surface area contributed by atoms with E-state index in [1.54, 1.807) is 12.1 Å². The molecule has 0 spiro atoms. The summed E-state index contributed by atoms with van der Waals surface area (Å²) in [6.07, 6.45) is 3.22. The van der Waals surface area contributed by atoms with Crippen molar-refractivity contribution >= 4 is 43.1 Å². The molecule has 1 heterocycles. The van der Waals surface area contributed by atoms with E-state index in [1.807, 2.05) is 37.3 Å². The van der Waals surface area contributed by atoms with Gasteiger partial charge in [0.15, 0.2) is 0 Å². The Kier molecular flexibility index (Phi) is 7.83. The third-order valence-electron chi connectivity index (χ3n) is 4.72. The van der Waals surface area contributed by atoms with Crippen molar-refractivity contribution in [3.05, 3.63) is 54.1 Å². The van der Waals surface area contributed by atoms with Crippen molar-refractivity contribution in [1.29, 1.82) is 0 Å². The van der Waals surface area contributed by atoms with Gasteiger partial charge in [-0.25, -0.2) is 4.98 Å². The Bertz CT molecular complexity index is 1190. The number of benzene rings is 3. The van der Waals surface area contributed by atoms with Gasteiger partial charge in [-0.1, -0.05) is 67.2 Å². The molecule has 0 aliphatic carbocycles. The molecule has 0 saturated carbocycles. The van der Waals surface area contributed by atoms with Gasteiger partial charge in [-0.2, -0.15) is 0 Å². The third-order valence-corrected chi connectivity index (χ3v) is 5.62. The fourth-order valence-corrected chi connectivity index (χ4v) is 4.07. The van der Waals surface area contributed by atoms with Crippen LogP contribution in [-0.4, -0.2) is 11.6 Å². The van der Waals surface area contributed by atoms with Gasteiger partial charge < -0.3 is 9.84 Å². The molecule has 0 amide bonds. The minimum atomic E-state index is -0.151. The Morgan fingerprint density at radius 1 is 1.03 bits per heavy atom. The maximum atomic E-state index is 12.9. The number of aromatic nitrogens is 1. The van der Waals surface area contributed by atoms with E-state index in [1.165, 1.54) is 16.9 Å². The van der Waals surface area contributed by atoms with Crippen molar-refractivity contribution in [3.63, 3.8) is 0 Å². The Hall–Kier alpha value is -1.99. The zero-order chi connectivity index (χ0) is 20.2. The first-order chi connectivity index (χ1) is 14.2. The summed E-state index contributed by atoms with van der Waals surface area (Å²) in [6.45, 7) is 4.81. The van der Waals surface area contributed by atoms with Crippen LogP contribution >= 0.6 is 11.3 Å². The number of ether oxygens (including phenoxy) is 1. The fraction of sp³-hybridized carbons (Fsp3) is 0.261. The molecular weight excluding hydrogens is 405 g/mol. The van der Waals surface area contributed by atoms with Gasteiger partial charge >= 0.3 is 29.6 Å². The number of thiazole rings is 1.